The van der Waals surface area contributed by atoms with Gasteiger partial charge in [-0.2, -0.15) is 0 Å². The Morgan fingerprint density at radius 1 is 1.19 bits per heavy atom. The lowest BCUT2D eigenvalue weighted by Gasteiger charge is -2.25. The third-order valence-electron chi connectivity index (χ3n) is 6.28. The number of nitrogens with zero attached hydrogens (tertiary/aromatic N) is 1. The second kappa shape index (κ2) is 7.89. The van der Waals surface area contributed by atoms with E-state index in [-0.39, 0.29) is 12.0 Å². The molecule has 2 fully saturated rings. The maximum atomic E-state index is 12.5. The van der Waals surface area contributed by atoms with Gasteiger partial charge in [-0.05, 0) is 69.0 Å². The van der Waals surface area contributed by atoms with E-state index >= 15 is 0 Å². The zero-order valence-electron chi connectivity index (χ0n) is 16.2. The summed E-state index contributed by atoms with van der Waals surface area (Å²) in [6, 6.07) is 10.8. The summed E-state index contributed by atoms with van der Waals surface area (Å²) in [5.74, 6) is 0.341. The molecule has 1 aliphatic heterocycles. The van der Waals surface area contributed by atoms with Crippen LogP contribution in [0.15, 0.2) is 30.3 Å². The van der Waals surface area contributed by atoms with Gasteiger partial charge in [-0.3, -0.25) is 4.79 Å². The van der Waals surface area contributed by atoms with Crippen molar-refractivity contribution in [3.05, 3.63) is 41.5 Å². The first-order valence-electron chi connectivity index (χ1n) is 10.4. The molecule has 2 aromatic rings. The van der Waals surface area contributed by atoms with Gasteiger partial charge in [0, 0.05) is 11.4 Å². The van der Waals surface area contributed by atoms with Crippen molar-refractivity contribution in [3.63, 3.8) is 0 Å². The number of rotatable bonds is 6. The van der Waals surface area contributed by atoms with Crippen LogP contribution < -0.4 is 10.5 Å². The number of likely N-dealkylation sites (N-methyl/N-ethyl adjacent to an activating group) is 1. The van der Waals surface area contributed by atoms with E-state index in [1.165, 1.54) is 25.7 Å². The molecule has 144 valence electrons. The van der Waals surface area contributed by atoms with Gasteiger partial charge in [0.15, 0.2) is 0 Å². The molecule has 1 saturated heterocycles. The molecule has 1 atom stereocenters. The summed E-state index contributed by atoms with van der Waals surface area (Å²) in [5, 5.41) is 2.13. The Bertz CT molecular complexity index is 826. The van der Waals surface area contributed by atoms with Gasteiger partial charge in [0.1, 0.15) is 5.75 Å². The van der Waals surface area contributed by atoms with Crippen molar-refractivity contribution in [2.75, 3.05) is 13.1 Å². The van der Waals surface area contributed by atoms with E-state index in [2.05, 4.69) is 24.0 Å². The van der Waals surface area contributed by atoms with E-state index in [9.17, 15) is 4.79 Å². The molecule has 1 unspecified atom stereocenters. The number of carbonyl (C=O) groups excluding carboxylic acids is 1. The Morgan fingerprint density at radius 2 is 1.96 bits per heavy atom. The lowest BCUT2D eigenvalue weighted by molar-refractivity contribution is 0.0992. The van der Waals surface area contributed by atoms with Crippen LogP contribution in [-0.4, -0.2) is 36.0 Å². The van der Waals surface area contributed by atoms with Crippen LogP contribution in [0.3, 0.4) is 0 Å². The molecule has 0 spiro atoms. The number of hydrogen-bond donors (Lipinski definition) is 1. The van der Waals surface area contributed by atoms with Crippen molar-refractivity contribution >= 4 is 16.7 Å². The standard InChI is InChI=1S/C23H30N2O2/c1-2-25-13-7-9-18(25)15-17-14-16-8-3-6-12-20(16)22(21(17)23(24)26)27-19-10-4-5-11-19/h3,6,8,12,14,18-19H,2,4-5,7,9-11,13,15H2,1H3,(H2,24,26). The molecule has 4 rings (SSSR count). The van der Waals surface area contributed by atoms with Crippen molar-refractivity contribution in [3.8, 4) is 5.75 Å². The van der Waals surface area contributed by atoms with Gasteiger partial charge in [0.25, 0.3) is 5.91 Å². The fourth-order valence-electron chi connectivity index (χ4n) is 4.89. The molecule has 1 amide bonds. The number of hydrogen-bond acceptors (Lipinski definition) is 3. The molecular weight excluding hydrogens is 336 g/mol. The molecule has 0 aromatic heterocycles. The number of fused-ring (bicyclic) bond motifs is 1. The van der Waals surface area contributed by atoms with Crippen LogP contribution in [0.5, 0.6) is 5.75 Å². The van der Waals surface area contributed by atoms with E-state index in [4.69, 9.17) is 10.5 Å². The van der Waals surface area contributed by atoms with E-state index in [0.717, 1.165) is 48.7 Å². The number of primary amides is 1. The van der Waals surface area contributed by atoms with Crippen LogP contribution in [0, 0.1) is 0 Å². The third-order valence-corrected chi connectivity index (χ3v) is 6.28. The van der Waals surface area contributed by atoms with Gasteiger partial charge in [-0.25, -0.2) is 0 Å². The first-order chi connectivity index (χ1) is 13.2. The Morgan fingerprint density at radius 3 is 2.70 bits per heavy atom. The molecule has 27 heavy (non-hydrogen) atoms. The highest BCUT2D eigenvalue weighted by atomic mass is 16.5. The molecule has 1 heterocycles. The van der Waals surface area contributed by atoms with Gasteiger partial charge < -0.3 is 15.4 Å². The fraction of sp³-hybridized carbons (Fsp3) is 0.522. The van der Waals surface area contributed by atoms with Crippen LogP contribution in [0.1, 0.15) is 61.4 Å². The van der Waals surface area contributed by atoms with Crippen LogP contribution >= 0.6 is 0 Å². The summed E-state index contributed by atoms with van der Waals surface area (Å²) in [7, 11) is 0. The minimum atomic E-state index is -0.371. The van der Waals surface area contributed by atoms with Crippen LogP contribution in [0.2, 0.25) is 0 Å². The zero-order valence-corrected chi connectivity index (χ0v) is 16.2. The van der Waals surface area contributed by atoms with E-state index < -0.39 is 0 Å². The first-order valence-corrected chi connectivity index (χ1v) is 10.4. The van der Waals surface area contributed by atoms with Gasteiger partial charge >= 0.3 is 0 Å². The van der Waals surface area contributed by atoms with Crippen molar-refractivity contribution in [1.29, 1.82) is 0 Å². The van der Waals surface area contributed by atoms with Crippen LogP contribution in [0.25, 0.3) is 10.8 Å². The summed E-state index contributed by atoms with van der Waals surface area (Å²) in [6.45, 7) is 4.41. The van der Waals surface area contributed by atoms with E-state index in [0.29, 0.717) is 17.4 Å². The molecule has 0 radical (unpaired) electrons. The number of benzene rings is 2. The van der Waals surface area contributed by atoms with E-state index in [1.54, 1.807) is 0 Å². The monoisotopic (exact) mass is 366 g/mol. The predicted octanol–water partition coefficient (Wildman–Crippen LogP) is 4.29. The van der Waals surface area contributed by atoms with E-state index in [1.807, 2.05) is 18.2 Å². The number of likely N-dealkylation sites (tertiary alicyclic amines) is 1. The molecule has 4 heteroatoms. The maximum Gasteiger partial charge on any atom is 0.252 e. The molecule has 4 nitrogen and oxygen atoms in total. The maximum absolute atomic E-state index is 12.5. The highest BCUT2D eigenvalue weighted by molar-refractivity contribution is 6.04. The lowest BCUT2D eigenvalue weighted by Crippen LogP contribution is -2.31. The second-order valence-corrected chi connectivity index (χ2v) is 7.98. The van der Waals surface area contributed by atoms with Crippen LogP contribution in [-0.2, 0) is 6.42 Å². The zero-order chi connectivity index (χ0) is 18.8. The number of amides is 1. The Balaban J connectivity index is 1.79. The van der Waals surface area contributed by atoms with Crippen molar-refractivity contribution in [2.24, 2.45) is 5.73 Å². The minimum Gasteiger partial charge on any atom is -0.489 e. The smallest absolute Gasteiger partial charge is 0.252 e. The number of nitrogens with two attached hydrogens (primary N) is 1. The topological polar surface area (TPSA) is 55.6 Å². The summed E-state index contributed by atoms with van der Waals surface area (Å²) in [4.78, 5) is 15.0. The Hall–Kier alpha value is -2.07. The summed E-state index contributed by atoms with van der Waals surface area (Å²) >= 11 is 0. The average molecular weight is 367 g/mol. The van der Waals surface area contributed by atoms with Crippen LogP contribution in [0.4, 0.5) is 0 Å². The molecule has 2 aromatic carbocycles. The van der Waals surface area contributed by atoms with Gasteiger partial charge in [0.2, 0.25) is 0 Å². The molecule has 0 bridgehead atoms. The third kappa shape index (κ3) is 3.68. The quantitative estimate of drug-likeness (QED) is 0.830. The minimum absolute atomic E-state index is 0.195. The Labute approximate surface area is 161 Å². The summed E-state index contributed by atoms with van der Waals surface area (Å²) in [5.41, 5.74) is 7.53. The lowest BCUT2D eigenvalue weighted by atomic mass is 9.93. The van der Waals surface area contributed by atoms with Gasteiger partial charge in [-0.1, -0.05) is 37.3 Å². The predicted molar refractivity (Wildman–Crippen MR) is 109 cm³/mol. The van der Waals surface area contributed by atoms with Crippen molar-refractivity contribution < 1.29 is 9.53 Å². The molecule has 1 aliphatic carbocycles. The highest BCUT2D eigenvalue weighted by Gasteiger charge is 2.28. The normalized spacial score (nSPS) is 21.1. The first kappa shape index (κ1) is 18.3. The molecule has 1 saturated carbocycles. The Kier molecular flexibility index (Phi) is 5.35. The molecule has 2 N–H and O–H groups in total. The SMILES string of the molecule is CCN1CCCC1Cc1cc2ccccc2c(OC2CCCC2)c1C(N)=O. The van der Waals surface area contributed by atoms with Gasteiger partial charge in [-0.15, -0.1) is 0 Å². The molecule has 2 aliphatic rings. The largest absolute Gasteiger partial charge is 0.489 e. The highest BCUT2D eigenvalue weighted by Crippen LogP contribution is 2.37. The van der Waals surface area contributed by atoms with Gasteiger partial charge in [0.05, 0.1) is 11.7 Å². The summed E-state index contributed by atoms with van der Waals surface area (Å²) in [6.07, 6.45) is 7.97. The number of carbonyl (C=O) groups is 1. The fourth-order valence-corrected chi connectivity index (χ4v) is 4.89. The second-order valence-electron chi connectivity index (χ2n) is 7.98. The number of ether oxygens (including phenoxy) is 1. The average Bonchev–Trinajstić information content (AvgIpc) is 3.33. The molecular formula is C23H30N2O2. The van der Waals surface area contributed by atoms with Crippen molar-refractivity contribution in [2.45, 2.75) is 64.0 Å². The summed E-state index contributed by atoms with van der Waals surface area (Å²) < 4.78 is 6.42. The van der Waals surface area contributed by atoms with Crippen molar-refractivity contribution in [1.82, 2.24) is 4.90 Å².